The van der Waals surface area contributed by atoms with E-state index in [0.29, 0.717) is 11.3 Å². The van der Waals surface area contributed by atoms with Crippen LogP contribution in [-0.4, -0.2) is 35.4 Å². The van der Waals surface area contributed by atoms with Gasteiger partial charge in [0.15, 0.2) is 0 Å². The number of hydrogen-bond acceptors (Lipinski definition) is 4. The van der Waals surface area contributed by atoms with Crippen LogP contribution in [0.25, 0.3) is 0 Å². The number of carboxylic acid groups (broad SMARTS) is 1. The van der Waals surface area contributed by atoms with Gasteiger partial charge in [-0.05, 0) is 36.4 Å². The Morgan fingerprint density at radius 1 is 1.35 bits per heavy atom. The highest BCUT2D eigenvalue weighted by Crippen LogP contribution is 2.31. The minimum absolute atomic E-state index is 0.421. The lowest BCUT2D eigenvalue weighted by atomic mass is 9.88. The number of carboxylic acids is 1. The third kappa shape index (κ3) is 6.39. The van der Waals surface area contributed by atoms with Crippen LogP contribution in [0, 0.1) is 0 Å². The number of methoxy groups -OCH3 is 1. The van der Waals surface area contributed by atoms with Crippen LogP contribution >= 0.6 is 11.8 Å². The van der Waals surface area contributed by atoms with Gasteiger partial charge in [-0.25, -0.2) is 0 Å². The van der Waals surface area contributed by atoms with Crippen molar-refractivity contribution in [3.8, 4) is 5.75 Å². The van der Waals surface area contributed by atoms with Gasteiger partial charge < -0.3 is 15.2 Å². The molecule has 0 bridgehead atoms. The van der Waals surface area contributed by atoms with Crippen molar-refractivity contribution in [3.63, 3.8) is 0 Å². The van der Waals surface area contributed by atoms with E-state index in [9.17, 15) is 22.8 Å². The molecule has 0 saturated heterocycles. The van der Waals surface area contributed by atoms with Crippen LogP contribution in [0.15, 0.2) is 24.3 Å². The summed E-state index contributed by atoms with van der Waals surface area (Å²) in [6, 6.07) is 6.33. The Hall–Kier alpha value is -1.90. The second kappa shape index (κ2) is 7.58. The number of alkyl halides is 3. The second-order valence-electron chi connectivity index (χ2n) is 4.92. The Kier molecular flexibility index (Phi) is 6.31. The summed E-state index contributed by atoms with van der Waals surface area (Å²) in [6.07, 6.45) is -0.484. The van der Waals surface area contributed by atoms with Gasteiger partial charge in [-0.3, -0.25) is 9.59 Å². The number of carbonyl (C=O) groups is 2. The first kappa shape index (κ1) is 19.1. The van der Waals surface area contributed by atoms with Crippen molar-refractivity contribution in [1.29, 1.82) is 0 Å². The fourth-order valence-corrected chi connectivity index (χ4v) is 2.35. The average molecular weight is 351 g/mol. The summed E-state index contributed by atoms with van der Waals surface area (Å²) in [6.45, 7) is 1.44. The van der Waals surface area contributed by atoms with Crippen LogP contribution in [0.2, 0.25) is 0 Å². The normalized spacial score (nSPS) is 14.0. The largest absolute Gasteiger partial charge is 0.497 e. The molecule has 2 N–H and O–H groups in total. The van der Waals surface area contributed by atoms with E-state index in [1.54, 1.807) is 18.2 Å². The van der Waals surface area contributed by atoms with Crippen molar-refractivity contribution in [2.24, 2.45) is 0 Å². The van der Waals surface area contributed by atoms with Gasteiger partial charge >= 0.3 is 11.5 Å². The maximum Gasteiger partial charge on any atom is 0.442 e. The zero-order chi connectivity index (χ0) is 17.7. The third-order valence-corrected chi connectivity index (χ3v) is 3.73. The zero-order valence-corrected chi connectivity index (χ0v) is 13.3. The van der Waals surface area contributed by atoms with E-state index in [1.165, 1.54) is 20.1 Å². The summed E-state index contributed by atoms with van der Waals surface area (Å²) in [5.41, 5.74) is -5.47. The monoisotopic (exact) mass is 351 g/mol. The Balaban J connectivity index is 2.97. The van der Waals surface area contributed by atoms with Crippen LogP contribution in [0.3, 0.4) is 0 Å². The lowest BCUT2D eigenvalue weighted by molar-refractivity contribution is -0.139. The van der Waals surface area contributed by atoms with Gasteiger partial charge in [-0.2, -0.15) is 13.2 Å². The van der Waals surface area contributed by atoms with Crippen molar-refractivity contribution in [2.75, 3.05) is 12.9 Å². The van der Waals surface area contributed by atoms with Gasteiger partial charge in [0.2, 0.25) is 5.91 Å². The second-order valence-corrected chi connectivity index (χ2v) is 5.96. The molecule has 1 aromatic rings. The first-order valence-electron chi connectivity index (χ1n) is 6.44. The Labute approximate surface area is 135 Å². The van der Waals surface area contributed by atoms with Crippen LogP contribution < -0.4 is 10.1 Å². The van der Waals surface area contributed by atoms with Crippen molar-refractivity contribution in [2.45, 2.75) is 24.4 Å². The van der Waals surface area contributed by atoms with Gasteiger partial charge in [-0.15, -0.1) is 0 Å². The molecular formula is C14H16F3NO4S. The summed E-state index contributed by atoms with van der Waals surface area (Å²) < 4.78 is 41.5. The zero-order valence-electron chi connectivity index (χ0n) is 12.4. The summed E-state index contributed by atoms with van der Waals surface area (Å²) in [4.78, 5) is 22.8. The third-order valence-electron chi connectivity index (χ3n) is 2.99. The molecule has 0 saturated carbocycles. The molecule has 0 radical (unpaired) electrons. The molecular weight excluding hydrogens is 335 g/mol. The van der Waals surface area contributed by atoms with E-state index in [0.717, 1.165) is 0 Å². The maximum absolute atomic E-state index is 12.2. The molecule has 1 rings (SSSR count). The number of carbonyl (C=O) groups excluding carboxylic acids is 1. The van der Waals surface area contributed by atoms with E-state index in [4.69, 9.17) is 9.84 Å². The topological polar surface area (TPSA) is 75.6 Å². The van der Waals surface area contributed by atoms with Crippen LogP contribution in [0.1, 0.15) is 18.9 Å². The van der Waals surface area contributed by atoms with Gasteiger partial charge in [0.1, 0.15) is 5.75 Å². The van der Waals surface area contributed by atoms with E-state index in [1.807, 2.05) is 0 Å². The number of aliphatic carboxylic acids is 1. The molecule has 0 aliphatic carbocycles. The summed E-state index contributed by atoms with van der Waals surface area (Å²) in [5.74, 6) is -2.50. The molecule has 9 heteroatoms. The quantitative estimate of drug-likeness (QED) is 0.790. The number of ether oxygens (including phenoxy) is 1. The molecule has 1 aromatic carbocycles. The van der Waals surface area contributed by atoms with E-state index >= 15 is 0 Å². The number of amides is 1. The van der Waals surface area contributed by atoms with Crippen LogP contribution in [-0.2, 0) is 15.1 Å². The van der Waals surface area contributed by atoms with Crippen molar-refractivity contribution in [1.82, 2.24) is 5.32 Å². The first-order chi connectivity index (χ1) is 10.6. The number of rotatable bonds is 7. The van der Waals surface area contributed by atoms with E-state index < -0.39 is 46.9 Å². The number of thioether (sulfide) groups is 1. The molecule has 1 amide bonds. The molecule has 128 valence electrons. The smallest absolute Gasteiger partial charge is 0.442 e. The minimum atomic E-state index is -4.53. The summed E-state index contributed by atoms with van der Waals surface area (Å²) in [5, 5.41) is 11.4. The predicted octanol–water partition coefficient (Wildman–Crippen LogP) is 2.75. The highest BCUT2D eigenvalue weighted by atomic mass is 32.2. The molecule has 0 fully saturated rings. The SMILES string of the molecule is COc1cccc(C(C)(CC(=O)O)NC(=O)CSC(F)(F)F)c1. The Morgan fingerprint density at radius 3 is 2.52 bits per heavy atom. The molecule has 1 atom stereocenters. The lowest BCUT2D eigenvalue weighted by Gasteiger charge is -2.30. The maximum atomic E-state index is 12.2. The fourth-order valence-electron chi connectivity index (χ4n) is 1.98. The number of nitrogens with one attached hydrogen (secondary N) is 1. The highest BCUT2D eigenvalue weighted by molar-refractivity contribution is 8.00. The molecule has 0 aliphatic rings. The number of hydrogen-bond donors (Lipinski definition) is 2. The van der Waals surface area contributed by atoms with E-state index in [2.05, 4.69) is 5.32 Å². The van der Waals surface area contributed by atoms with Crippen LogP contribution in [0.4, 0.5) is 13.2 Å². The Bertz CT molecular complexity index is 579. The van der Waals surface area contributed by atoms with Gasteiger partial charge in [-0.1, -0.05) is 12.1 Å². The number of benzene rings is 1. The van der Waals surface area contributed by atoms with Crippen molar-refractivity contribution < 1.29 is 32.6 Å². The highest BCUT2D eigenvalue weighted by Gasteiger charge is 2.34. The minimum Gasteiger partial charge on any atom is -0.497 e. The molecule has 23 heavy (non-hydrogen) atoms. The molecule has 0 spiro atoms. The average Bonchev–Trinajstić information content (AvgIpc) is 2.43. The number of halogens is 3. The molecule has 5 nitrogen and oxygen atoms in total. The first-order valence-corrected chi connectivity index (χ1v) is 7.42. The fraction of sp³-hybridized carbons (Fsp3) is 0.429. The lowest BCUT2D eigenvalue weighted by Crippen LogP contribution is -2.46. The predicted molar refractivity (Wildman–Crippen MR) is 79.3 cm³/mol. The van der Waals surface area contributed by atoms with Gasteiger partial charge in [0, 0.05) is 0 Å². The summed E-state index contributed by atoms with van der Waals surface area (Å²) >= 11 is -0.480. The van der Waals surface area contributed by atoms with Crippen LogP contribution in [0.5, 0.6) is 5.75 Å². The Morgan fingerprint density at radius 2 is 2.00 bits per heavy atom. The van der Waals surface area contributed by atoms with Gasteiger partial charge in [0.25, 0.3) is 0 Å². The molecule has 0 aromatic heterocycles. The van der Waals surface area contributed by atoms with Crippen molar-refractivity contribution in [3.05, 3.63) is 29.8 Å². The molecule has 1 unspecified atom stereocenters. The van der Waals surface area contributed by atoms with Gasteiger partial charge in [0.05, 0.1) is 24.8 Å². The molecule has 0 aliphatic heterocycles. The molecule has 0 heterocycles. The standard InChI is InChI=1S/C14H16F3NO4S/c1-13(7-12(20)21,9-4-3-5-10(6-9)22-2)18-11(19)8-23-14(15,16)17/h3-6H,7-8H2,1-2H3,(H,18,19)(H,20,21). The summed E-state index contributed by atoms with van der Waals surface area (Å²) in [7, 11) is 1.42. The van der Waals surface area contributed by atoms with Crippen molar-refractivity contribution >= 4 is 23.6 Å². The van der Waals surface area contributed by atoms with E-state index in [-0.39, 0.29) is 0 Å².